The summed E-state index contributed by atoms with van der Waals surface area (Å²) >= 11 is 0. The van der Waals surface area contributed by atoms with Crippen LogP contribution in [0.5, 0.6) is 0 Å². The Morgan fingerprint density at radius 1 is 1.41 bits per heavy atom. The van der Waals surface area contributed by atoms with Crippen molar-refractivity contribution in [1.82, 2.24) is 5.32 Å². The first-order chi connectivity index (χ1) is 8.04. The third kappa shape index (κ3) is 4.52. The molecule has 96 valence electrons. The second-order valence-electron chi connectivity index (χ2n) is 3.77. The maximum atomic E-state index is 13.4. The van der Waals surface area contributed by atoms with E-state index in [9.17, 15) is 13.0 Å². The van der Waals surface area contributed by atoms with E-state index in [1.54, 1.807) is 6.92 Å². The Bertz CT molecular complexity index is 398. The van der Waals surface area contributed by atoms with Gasteiger partial charge in [-0.3, -0.25) is 4.21 Å². The van der Waals surface area contributed by atoms with Gasteiger partial charge in [-0.05, 0) is 13.0 Å². The standard InChI is InChI=1S/C12H17F2NOS/c1-3-17(16)7-6-15-9(2)11-5-4-10(13)8-12(11)14/h4-5,8-9,15H,3,6-7H2,1-2H3. The van der Waals surface area contributed by atoms with Crippen molar-refractivity contribution in [3.05, 3.63) is 35.4 Å². The number of halogens is 2. The van der Waals surface area contributed by atoms with Crippen LogP contribution in [-0.4, -0.2) is 22.3 Å². The molecule has 1 N–H and O–H groups in total. The number of rotatable bonds is 6. The fourth-order valence-corrected chi connectivity index (χ4v) is 2.13. The Labute approximate surface area is 103 Å². The molecule has 0 bridgehead atoms. The molecule has 0 saturated heterocycles. The van der Waals surface area contributed by atoms with Crippen LogP contribution in [0, 0.1) is 11.6 Å². The van der Waals surface area contributed by atoms with Gasteiger partial charge in [-0.1, -0.05) is 13.0 Å². The highest BCUT2D eigenvalue weighted by Crippen LogP contribution is 2.17. The van der Waals surface area contributed by atoms with Gasteiger partial charge in [-0.15, -0.1) is 0 Å². The summed E-state index contributed by atoms with van der Waals surface area (Å²) < 4.78 is 37.3. The van der Waals surface area contributed by atoms with Crippen LogP contribution in [0.3, 0.4) is 0 Å². The minimum absolute atomic E-state index is 0.218. The van der Waals surface area contributed by atoms with Gasteiger partial charge < -0.3 is 5.32 Å². The summed E-state index contributed by atoms with van der Waals surface area (Å²) in [5.74, 6) is 0.0390. The molecule has 0 spiro atoms. The maximum absolute atomic E-state index is 13.4. The zero-order chi connectivity index (χ0) is 12.8. The Morgan fingerprint density at radius 2 is 2.12 bits per heavy atom. The molecule has 0 radical (unpaired) electrons. The fraction of sp³-hybridized carbons (Fsp3) is 0.500. The average Bonchev–Trinajstić information content (AvgIpc) is 2.28. The molecule has 1 rings (SSSR count). The van der Waals surface area contributed by atoms with Crippen molar-refractivity contribution in [3.8, 4) is 0 Å². The lowest BCUT2D eigenvalue weighted by atomic mass is 10.1. The van der Waals surface area contributed by atoms with Gasteiger partial charge in [0.05, 0.1) is 0 Å². The van der Waals surface area contributed by atoms with Crippen LogP contribution < -0.4 is 5.32 Å². The summed E-state index contributed by atoms with van der Waals surface area (Å²) in [5, 5.41) is 3.07. The van der Waals surface area contributed by atoms with Crippen LogP contribution in [0.2, 0.25) is 0 Å². The second-order valence-corrected chi connectivity index (χ2v) is 5.64. The van der Waals surface area contributed by atoms with E-state index in [-0.39, 0.29) is 6.04 Å². The lowest BCUT2D eigenvalue weighted by Gasteiger charge is -2.14. The Balaban J connectivity index is 2.52. The molecule has 0 aliphatic rings. The molecule has 2 nitrogen and oxygen atoms in total. The number of nitrogens with one attached hydrogen (secondary N) is 1. The van der Waals surface area contributed by atoms with Gasteiger partial charge in [-0.2, -0.15) is 0 Å². The highest BCUT2D eigenvalue weighted by molar-refractivity contribution is 7.84. The molecule has 2 atom stereocenters. The first kappa shape index (κ1) is 14.3. The predicted molar refractivity (Wildman–Crippen MR) is 66.3 cm³/mol. The van der Waals surface area contributed by atoms with Crippen molar-refractivity contribution >= 4 is 10.8 Å². The largest absolute Gasteiger partial charge is 0.309 e. The zero-order valence-corrected chi connectivity index (χ0v) is 10.8. The molecule has 0 fully saturated rings. The van der Waals surface area contributed by atoms with Crippen molar-refractivity contribution in [2.75, 3.05) is 18.1 Å². The smallest absolute Gasteiger partial charge is 0.130 e. The summed E-state index contributed by atoms with van der Waals surface area (Å²) in [6, 6.07) is 3.32. The van der Waals surface area contributed by atoms with E-state index >= 15 is 0 Å². The van der Waals surface area contributed by atoms with Gasteiger partial charge >= 0.3 is 0 Å². The predicted octanol–water partition coefficient (Wildman–Crippen LogP) is 2.38. The molecule has 0 aliphatic heterocycles. The summed E-state index contributed by atoms with van der Waals surface area (Å²) in [7, 11) is -0.825. The van der Waals surface area contributed by atoms with E-state index in [2.05, 4.69) is 5.32 Å². The first-order valence-corrected chi connectivity index (χ1v) is 7.06. The molecule has 1 aromatic rings. The van der Waals surface area contributed by atoms with Gasteiger partial charge in [-0.25, -0.2) is 8.78 Å². The molecule has 0 aromatic heterocycles. The van der Waals surface area contributed by atoms with Gasteiger partial charge in [0.2, 0.25) is 0 Å². The van der Waals surface area contributed by atoms with Crippen LogP contribution in [0.4, 0.5) is 8.78 Å². The quantitative estimate of drug-likeness (QED) is 0.852. The summed E-state index contributed by atoms with van der Waals surface area (Å²) in [5.41, 5.74) is 0.425. The number of hydrogen-bond acceptors (Lipinski definition) is 2. The third-order valence-corrected chi connectivity index (χ3v) is 3.83. The molecule has 5 heteroatoms. The van der Waals surface area contributed by atoms with Gasteiger partial charge in [0.15, 0.2) is 0 Å². The summed E-state index contributed by atoms with van der Waals surface area (Å²) in [6.07, 6.45) is 0. The van der Waals surface area contributed by atoms with Crippen LogP contribution in [-0.2, 0) is 10.8 Å². The second kappa shape index (κ2) is 6.81. The van der Waals surface area contributed by atoms with Crippen molar-refractivity contribution in [1.29, 1.82) is 0 Å². The Hall–Kier alpha value is -0.810. The Kier molecular flexibility index (Phi) is 5.71. The van der Waals surface area contributed by atoms with Gasteiger partial charge in [0.25, 0.3) is 0 Å². The molecule has 0 aliphatic carbocycles. The topological polar surface area (TPSA) is 29.1 Å². The third-order valence-electron chi connectivity index (χ3n) is 2.53. The molecule has 0 heterocycles. The molecule has 1 aromatic carbocycles. The van der Waals surface area contributed by atoms with Crippen molar-refractivity contribution in [3.63, 3.8) is 0 Å². The SMILES string of the molecule is CCS(=O)CCNC(C)c1ccc(F)cc1F. The van der Waals surface area contributed by atoms with Crippen LogP contribution in [0.1, 0.15) is 25.5 Å². The summed E-state index contributed by atoms with van der Waals surface area (Å²) in [6.45, 7) is 4.21. The fourth-order valence-electron chi connectivity index (χ4n) is 1.50. The van der Waals surface area contributed by atoms with E-state index in [0.717, 1.165) is 6.07 Å². The molecule has 0 amide bonds. The van der Waals surface area contributed by atoms with E-state index < -0.39 is 22.4 Å². The van der Waals surface area contributed by atoms with E-state index in [4.69, 9.17) is 0 Å². The van der Waals surface area contributed by atoms with Crippen LogP contribution >= 0.6 is 0 Å². The lowest BCUT2D eigenvalue weighted by molar-refractivity contribution is 0.528. The molecule has 2 unspecified atom stereocenters. The normalized spacial score (nSPS) is 14.6. The van der Waals surface area contributed by atoms with Gasteiger partial charge in [0, 0.05) is 46.5 Å². The minimum Gasteiger partial charge on any atom is -0.309 e. The molecular weight excluding hydrogens is 244 g/mol. The lowest BCUT2D eigenvalue weighted by Crippen LogP contribution is -2.25. The maximum Gasteiger partial charge on any atom is 0.130 e. The molecular formula is C12H17F2NOS. The van der Waals surface area contributed by atoms with E-state index in [0.29, 0.717) is 23.6 Å². The first-order valence-electron chi connectivity index (χ1n) is 5.58. The zero-order valence-electron chi connectivity index (χ0n) is 10.0. The average molecular weight is 261 g/mol. The highest BCUT2D eigenvalue weighted by atomic mass is 32.2. The van der Waals surface area contributed by atoms with Crippen molar-refractivity contribution in [2.24, 2.45) is 0 Å². The number of benzene rings is 1. The van der Waals surface area contributed by atoms with E-state index in [1.807, 2.05) is 6.92 Å². The minimum atomic E-state index is -0.825. The van der Waals surface area contributed by atoms with E-state index in [1.165, 1.54) is 12.1 Å². The highest BCUT2D eigenvalue weighted by Gasteiger charge is 2.11. The van der Waals surface area contributed by atoms with Crippen molar-refractivity contribution in [2.45, 2.75) is 19.9 Å². The van der Waals surface area contributed by atoms with Gasteiger partial charge in [0.1, 0.15) is 11.6 Å². The summed E-state index contributed by atoms with van der Waals surface area (Å²) in [4.78, 5) is 0. The Morgan fingerprint density at radius 3 is 2.71 bits per heavy atom. The molecule has 17 heavy (non-hydrogen) atoms. The monoisotopic (exact) mass is 261 g/mol. The number of hydrogen-bond donors (Lipinski definition) is 1. The van der Waals surface area contributed by atoms with Crippen molar-refractivity contribution < 1.29 is 13.0 Å². The molecule has 0 saturated carbocycles. The van der Waals surface area contributed by atoms with Crippen LogP contribution in [0.25, 0.3) is 0 Å². The van der Waals surface area contributed by atoms with Crippen LogP contribution in [0.15, 0.2) is 18.2 Å².